The first-order valence-corrected chi connectivity index (χ1v) is 6.48. The van der Waals surface area contributed by atoms with Gasteiger partial charge in [-0.3, -0.25) is 0 Å². The minimum absolute atomic E-state index is 0.361. The molecule has 1 aromatic heterocycles. The highest BCUT2D eigenvalue weighted by Crippen LogP contribution is 2.39. The highest BCUT2D eigenvalue weighted by Gasteiger charge is 2.16. The van der Waals surface area contributed by atoms with Crippen molar-refractivity contribution in [1.29, 1.82) is 0 Å². The monoisotopic (exact) mass is 281 g/mol. The number of nitrogens with two attached hydrogens (primary N) is 1. The van der Waals surface area contributed by atoms with E-state index in [-0.39, 0.29) is 0 Å². The van der Waals surface area contributed by atoms with Crippen LogP contribution in [0.2, 0.25) is 0 Å². The third-order valence-electron chi connectivity index (χ3n) is 3.26. The van der Waals surface area contributed by atoms with Gasteiger partial charge >= 0.3 is 0 Å². The van der Waals surface area contributed by atoms with Crippen molar-refractivity contribution in [1.82, 2.24) is 9.97 Å². The summed E-state index contributed by atoms with van der Waals surface area (Å²) in [6.45, 7) is 0. The fraction of sp³-hybridized carbons (Fsp3) is 0.125. The van der Waals surface area contributed by atoms with Crippen LogP contribution in [0.5, 0.6) is 11.5 Å². The van der Waals surface area contributed by atoms with Crippen LogP contribution < -0.4 is 15.2 Å². The van der Waals surface area contributed by atoms with Crippen LogP contribution in [0.3, 0.4) is 0 Å². The lowest BCUT2D eigenvalue weighted by Crippen LogP contribution is -2.00. The summed E-state index contributed by atoms with van der Waals surface area (Å²) in [5.41, 5.74) is 8.96. The van der Waals surface area contributed by atoms with Crippen molar-refractivity contribution >= 4 is 16.9 Å². The molecule has 5 heteroatoms. The fourth-order valence-electron chi connectivity index (χ4n) is 2.29. The van der Waals surface area contributed by atoms with Gasteiger partial charge in [-0.25, -0.2) is 9.97 Å². The third-order valence-corrected chi connectivity index (χ3v) is 3.26. The Morgan fingerprint density at radius 1 is 0.857 bits per heavy atom. The van der Waals surface area contributed by atoms with Gasteiger partial charge in [-0.2, -0.15) is 0 Å². The van der Waals surface area contributed by atoms with E-state index in [1.165, 1.54) is 0 Å². The molecule has 21 heavy (non-hydrogen) atoms. The molecule has 2 N–H and O–H groups in total. The summed E-state index contributed by atoms with van der Waals surface area (Å²) in [5.74, 6) is 1.58. The quantitative estimate of drug-likeness (QED) is 0.799. The number of anilines is 1. The summed E-state index contributed by atoms with van der Waals surface area (Å²) >= 11 is 0. The number of nitrogen functional groups attached to an aromatic ring is 1. The summed E-state index contributed by atoms with van der Waals surface area (Å²) in [6.07, 6.45) is 0. The maximum absolute atomic E-state index is 6.06. The van der Waals surface area contributed by atoms with Crippen LogP contribution in [0.1, 0.15) is 0 Å². The van der Waals surface area contributed by atoms with E-state index in [0.29, 0.717) is 23.0 Å². The van der Waals surface area contributed by atoms with Crippen LogP contribution in [0.25, 0.3) is 22.3 Å². The Kier molecular flexibility index (Phi) is 3.31. The molecule has 5 nitrogen and oxygen atoms in total. The average molecular weight is 281 g/mol. The minimum Gasteiger partial charge on any atom is -0.493 e. The van der Waals surface area contributed by atoms with Crippen LogP contribution >= 0.6 is 0 Å². The summed E-state index contributed by atoms with van der Waals surface area (Å²) in [6, 6.07) is 13.2. The second-order valence-electron chi connectivity index (χ2n) is 4.49. The van der Waals surface area contributed by atoms with Gasteiger partial charge in [0.05, 0.1) is 25.3 Å². The SMILES string of the molecule is COc1cccc(-c2nc3ccccc3nc2N)c1OC. The topological polar surface area (TPSA) is 70.3 Å². The molecule has 2 aromatic carbocycles. The van der Waals surface area contributed by atoms with Gasteiger partial charge in [0.15, 0.2) is 17.3 Å². The fourth-order valence-corrected chi connectivity index (χ4v) is 2.29. The molecule has 3 aromatic rings. The van der Waals surface area contributed by atoms with Gasteiger partial charge in [0, 0.05) is 5.56 Å². The molecule has 0 radical (unpaired) electrons. The lowest BCUT2D eigenvalue weighted by atomic mass is 10.1. The van der Waals surface area contributed by atoms with Crippen molar-refractivity contribution in [2.24, 2.45) is 0 Å². The molecule has 0 fully saturated rings. The number of fused-ring (bicyclic) bond motifs is 1. The summed E-state index contributed by atoms with van der Waals surface area (Å²) in [7, 11) is 3.18. The standard InChI is InChI=1S/C16H15N3O2/c1-20-13-9-5-6-10(15(13)21-2)14-16(17)19-12-8-4-3-7-11(12)18-14/h3-9H,1-2H3,(H2,17,19). The van der Waals surface area contributed by atoms with Gasteiger partial charge in [0.25, 0.3) is 0 Å². The molecule has 0 bridgehead atoms. The summed E-state index contributed by atoms with van der Waals surface area (Å²) in [5, 5.41) is 0. The number of methoxy groups -OCH3 is 2. The number of hydrogen-bond acceptors (Lipinski definition) is 5. The second kappa shape index (κ2) is 5.28. The van der Waals surface area contributed by atoms with Crippen LogP contribution in [-0.2, 0) is 0 Å². The van der Waals surface area contributed by atoms with E-state index in [2.05, 4.69) is 9.97 Å². The van der Waals surface area contributed by atoms with E-state index in [9.17, 15) is 0 Å². The van der Waals surface area contributed by atoms with Gasteiger partial charge in [0.1, 0.15) is 5.69 Å². The van der Waals surface area contributed by atoms with Gasteiger partial charge in [0.2, 0.25) is 0 Å². The number of aromatic nitrogens is 2. The Morgan fingerprint density at radius 3 is 2.24 bits per heavy atom. The average Bonchev–Trinajstić information content (AvgIpc) is 2.53. The largest absolute Gasteiger partial charge is 0.493 e. The zero-order valence-corrected chi connectivity index (χ0v) is 11.8. The second-order valence-corrected chi connectivity index (χ2v) is 4.49. The highest BCUT2D eigenvalue weighted by atomic mass is 16.5. The Morgan fingerprint density at radius 2 is 1.57 bits per heavy atom. The normalized spacial score (nSPS) is 10.6. The van der Waals surface area contributed by atoms with E-state index < -0.39 is 0 Å². The highest BCUT2D eigenvalue weighted by molar-refractivity contribution is 5.85. The predicted molar refractivity (Wildman–Crippen MR) is 82.5 cm³/mol. The molecule has 3 rings (SSSR count). The van der Waals surface area contributed by atoms with E-state index >= 15 is 0 Å². The molecule has 106 valence electrons. The van der Waals surface area contributed by atoms with E-state index in [1.54, 1.807) is 14.2 Å². The molecule has 0 aliphatic carbocycles. The minimum atomic E-state index is 0.361. The van der Waals surface area contributed by atoms with Gasteiger partial charge in [-0.1, -0.05) is 18.2 Å². The van der Waals surface area contributed by atoms with E-state index in [0.717, 1.165) is 16.6 Å². The van der Waals surface area contributed by atoms with Crippen molar-refractivity contribution < 1.29 is 9.47 Å². The first-order chi connectivity index (χ1) is 10.2. The van der Waals surface area contributed by atoms with Gasteiger partial charge < -0.3 is 15.2 Å². The summed E-state index contributed by atoms with van der Waals surface area (Å²) < 4.78 is 10.8. The number of hydrogen-bond donors (Lipinski definition) is 1. The number of benzene rings is 2. The first-order valence-electron chi connectivity index (χ1n) is 6.48. The zero-order chi connectivity index (χ0) is 14.8. The predicted octanol–water partition coefficient (Wildman–Crippen LogP) is 2.90. The molecule has 0 unspecified atom stereocenters. The van der Waals surface area contributed by atoms with Crippen LogP contribution in [-0.4, -0.2) is 24.2 Å². The van der Waals surface area contributed by atoms with Gasteiger partial charge in [-0.05, 0) is 24.3 Å². The Labute approximate surface area is 122 Å². The van der Waals surface area contributed by atoms with Crippen LogP contribution in [0, 0.1) is 0 Å². The molecule has 0 amide bonds. The van der Waals surface area contributed by atoms with Gasteiger partial charge in [-0.15, -0.1) is 0 Å². The lowest BCUT2D eigenvalue weighted by molar-refractivity contribution is 0.356. The molecule has 0 saturated carbocycles. The maximum atomic E-state index is 6.06. The first kappa shape index (κ1) is 13.2. The molecule has 0 atom stereocenters. The third kappa shape index (κ3) is 2.23. The van der Waals surface area contributed by atoms with E-state index in [4.69, 9.17) is 15.2 Å². The van der Waals surface area contributed by atoms with Crippen molar-refractivity contribution in [3.63, 3.8) is 0 Å². The molecular weight excluding hydrogens is 266 g/mol. The Hall–Kier alpha value is -2.82. The molecule has 1 heterocycles. The smallest absolute Gasteiger partial charge is 0.170 e. The van der Waals surface area contributed by atoms with Crippen molar-refractivity contribution in [2.45, 2.75) is 0 Å². The molecule has 0 aliphatic rings. The number of rotatable bonds is 3. The molecular formula is C16H15N3O2. The number of ether oxygens (including phenoxy) is 2. The van der Waals surface area contributed by atoms with Crippen LogP contribution in [0.15, 0.2) is 42.5 Å². The number of nitrogens with zero attached hydrogens (tertiary/aromatic N) is 2. The van der Waals surface area contributed by atoms with Crippen molar-refractivity contribution in [3.8, 4) is 22.8 Å². The van der Waals surface area contributed by atoms with Crippen LogP contribution in [0.4, 0.5) is 5.82 Å². The molecule has 0 spiro atoms. The van der Waals surface area contributed by atoms with Crippen molar-refractivity contribution in [2.75, 3.05) is 20.0 Å². The summed E-state index contributed by atoms with van der Waals surface area (Å²) in [4.78, 5) is 9.01. The number of para-hydroxylation sites is 3. The zero-order valence-electron chi connectivity index (χ0n) is 11.8. The Bertz CT molecular complexity index is 803. The Balaban J connectivity index is 2.27. The van der Waals surface area contributed by atoms with E-state index in [1.807, 2.05) is 42.5 Å². The molecule has 0 saturated heterocycles. The van der Waals surface area contributed by atoms with Crippen molar-refractivity contribution in [3.05, 3.63) is 42.5 Å². The molecule has 0 aliphatic heterocycles. The maximum Gasteiger partial charge on any atom is 0.170 e. The lowest BCUT2D eigenvalue weighted by Gasteiger charge is -2.13.